The number of aromatic nitrogens is 1. The quantitative estimate of drug-likeness (QED) is 0.493. The Morgan fingerprint density at radius 3 is 3.08 bits per heavy atom. The van der Waals surface area contributed by atoms with Gasteiger partial charge in [-0.2, -0.15) is 0 Å². The van der Waals surface area contributed by atoms with Crippen LogP contribution >= 0.6 is 11.6 Å². The highest BCUT2D eigenvalue weighted by Crippen LogP contribution is 2.27. The smallest absolute Gasteiger partial charge is 0.279 e. The van der Waals surface area contributed by atoms with Crippen LogP contribution in [0, 0.1) is 0 Å². The molecule has 0 saturated heterocycles. The van der Waals surface area contributed by atoms with E-state index in [0.717, 1.165) is 0 Å². The van der Waals surface area contributed by atoms with Crippen molar-refractivity contribution in [2.24, 2.45) is 0 Å². The molecule has 0 fully saturated rings. The van der Waals surface area contributed by atoms with E-state index in [1.54, 1.807) is 0 Å². The fraction of sp³-hybridized carbons (Fsp3) is 0.143. The zero-order chi connectivity index (χ0) is 9.42. The number of rotatable bonds is 0. The van der Waals surface area contributed by atoms with Crippen molar-refractivity contribution in [3.63, 3.8) is 0 Å². The summed E-state index contributed by atoms with van der Waals surface area (Å²) in [5, 5.41) is 4.93. The van der Waals surface area contributed by atoms with Gasteiger partial charge in [-0.3, -0.25) is 4.79 Å². The van der Waals surface area contributed by atoms with Gasteiger partial charge in [-0.05, 0) is 0 Å². The topological polar surface area (TPSA) is 54.0 Å². The van der Waals surface area contributed by atoms with E-state index in [9.17, 15) is 9.18 Å². The van der Waals surface area contributed by atoms with Gasteiger partial charge in [0.1, 0.15) is 5.15 Å². The molecule has 1 aromatic rings. The van der Waals surface area contributed by atoms with E-state index in [1.807, 2.05) is 0 Å². The number of pyridine rings is 1. The summed E-state index contributed by atoms with van der Waals surface area (Å²) in [5.41, 5.74) is 0.871. The Bertz CT molecular complexity index is 371. The van der Waals surface area contributed by atoms with Crippen molar-refractivity contribution in [2.45, 2.75) is 6.30 Å². The molecule has 4 nitrogen and oxygen atoms in total. The van der Waals surface area contributed by atoms with Crippen molar-refractivity contribution in [3.05, 3.63) is 17.4 Å². The summed E-state index contributed by atoms with van der Waals surface area (Å²) in [6.45, 7) is 0. The molecule has 0 saturated carbocycles. The van der Waals surface area contributed by atoms with Crippen LogP contribution in [0.2, 0.25) is 5.15 Å². The van der Waals surface area contributed by atoms with Gasteiger partial charge in [0.15, 0.2) is 0 Å². The first-order chi connectivity index (χ1) is 6.16. The normalized spacial score (nSPS) is 20.2. The number of halogens is 2. The second-order valence-corrected chi connectivity index (χ2v) is 2.94. The molecule has 2 heterocycles. The van der Waals surface area contributed by atoms with Crippen LogP contribution in [0.25, 0.3) is 0 Å². The molecule has 1 unspecified atom stereocenters. The van der Waals surface area contributed by atoms with Gasteiger partial charge < -0.3 is 10.6 Å². The van der Waals surface area contributed by atoms with E-state index in [-0.39, 0.29) is 5.15 Å². The predicted octanol–water partition coefficient (Wildman–Crippen LogP) is 1.39. The van der Waals surface area contributed by atoms with Crippen molar-refractivity contribution in [1.82, 2.24) is 4.98 Å². The first-order valence-electron chi connectivity index (χ1n) is 3.54. The molecule has 0 aliphatic carbocycles. The summed E-state index contributed by atoms with van der Waals surface area (Å²) in [6.07, 6.45) is -0.361. The minimum atomic E-state index is -1.73. The Morgan fingerprint density at radius 2 is 2.31 bits per heavy atom. The van der Waals surface area contributed by atoms with Crippen LogP contribution < -0.4 is 10.6 Å². The molecule has 0 aromatic carbocycles. The average Bonchev–Trinajstić information content (AvgIpc) is 2.08. The summed E-state index contributed by atoms with van der Waals surface area (Å²) < 4.78 is 12.8. The van der Waals surface area contributed by atoms with Crippen LogP contribution in [0.5, 0.6) is 0 Å². The predicted molar refractivity (Wildman–Crippen MR) is 46.4 cm³/mol. The molecule has 0 radical (unpaired) electrons. The molecular weight excluding hydrogens is 197 g/mol. The van der Waals surface area contributed by atoms with Gasteiger partial charge in [0.05, 0.1) is 17.6 Å². The first kappa shape index (κ1) is 8.25. The number of anilines is 2. The zero-order valence-corrected chi connectivity index (χ0v) is 7.10. The molecule has 2 N–H and O–H groups in total. The second-order valence-electron chi connectivity index (χ2n) is 2.55. The van der Waals surface area contributed by atoms with Crippen molar-refractivity contribution < 1.29 is 9.18 Å². The van der Waals surface area contributed by atoms with E-state index >= 15 is 0 Å². The number of nitrogens with zero attached hydrogens (tertiary/aromatic N) is 1. The number of carbonyl (C=O) groups excluding carboxylic acids is 1. The molecule has 13 heavy (non-hydrogen) atoms. The Labute approximate surface area is 78.1 Å². The fourth-order valence-corrected chi connectivity index (χ4v) is 1.20. The molecular formula is C7H5ClFN3O. The zero-order valence-electron chi connectivity index (χ0n) is 6.34. The van der Waals surface area contributed by atoms with E-state index < -0.39 is 12.2 Å². The number of fused-ring (bicyclic) bond motifs is 1. The minimum Gasteiger partial charge on any atom is -0.346 e. The lowest BCUT2D eigenvalue weighted by molar-refractivity contribution is -0.120. The molecule has 1 aliphatic heterocycles. The van der Waals surface area contributed by atoms with E-state index in [1.165, 1.54) is 12.3 Å². The average molecular weight is 202 g/mol. The number of nitrogens with one attached hydrogen (secondary N) is 2. The van der Waals surface area contributed by atoms with Gasteiger partial charge in [0.25, 0.3) is 5.91 Å². The number of amides is 1. The molecule has 1 amide bonds. The SMILES string of the molecule is O=C1Nc2cnc(Cl)cc2NC1F. The molecule has 0 spiro atoms. The van der Waals surface area contributed by atoms with Gasteiger partial charge in [0, 0.05) is 6.07 Å². The Hall–Kier alpha value is -1.36. The number of alkyl halides is 1. The van der Waals surface area contributed by atoms with E-state index in [0.29, 0.717) is 11.4 Å². The highest BCUT2D eigenvalue weighted by molar-refractivity contribution is 6.29. The molecule has 1 aromatic heterocycles. The van der Waals surface area contributed by atoms with Crippen LogP contribution in [0.4, 0.5) is 15.8 Å². The Morgan fingerprint density at radius 1 is 1.54 bits per heavy atom. The minimum absolute atomic E-state index is 0.245. The standard InChI is InChI=1S/C7H5ClFN3O/c8-5-1-3-4(2-10-5)12-7(13)6(9)11-3/h1-2,6,11H,(H,12,13). The lowest BCUT2D eigenvalue weighted by Crippen LogP contribution is -2.35. The highest BCUT2D eigenvalue weighted by atomic mass is 35.5. The van der Waals surface area contributed by atoms with Crippen LogP contribution in [0.3, 0.4) is 0 Å². The van der Waals surface area contributed by atoms with Gasteiger partial charge in [-0.25, -0.2) is 9.37 Å². The molecule has 68 valence electrons. The van der Waals surface area contributed by atoms with E-state index in [2.05, 4.69) is 15.6 Å². The van der Waals surface area contributed by atoms with Gasteiger partial charge in [-0.1, -0.05) is 11.6 Å². The summed E-state index contributed by atoms with van der Waals surface area (Å²) in [4.78, 5) is 14.6. The monoisotopic (exact) mass is 201 g/mol. The largest absolute Gasteiger partial charge is 0.346 e. The molecule has 1 aliphatic rings. The summed E-state index contributed by atoms with van der Waals surface area (Å²) >= 11 is 5.57. The van der Waals surface area contributed by atoms with Crippen LogP contribution in [0.1, 0.15) is 0 Å². The van der Waals surface area contributed by atoms with Crippen molar-refractivity contribution in [1.29, 1.82) is 0 Å². The third-order valence-corrected chi connectivity index (χ3v) is 1.85. The molecule has 1 atom stereocenters. The number of hydrogen-bond donors (Lipinski definition) is 2. The van der Waals surface area contributed by atoms with Gasteiger partial charge >= 0.3 is 0 Å². The lowest BCUT2D eigenvalue weighted by Gasteiger charge is -2.20. The maximum atomic E-state index is 12.8. The van der Waals surface area contributed by atoms with Crippen molar-refractivity contribution in [3.8, 4) is 0 Å². The highest BCUT2D eigenvalue weighted by Gasteiger charge is 2.24. The molecule has 6 heteroatoms. The third-order valence-electron chi connectivity index (χ3n) is 1.64. The Kier molecular flexibility index (Phi) is 1.81. The lowest BCUT2D eigenvalue weighted by atomic mass is 10.3. The summed E-state index contributed by atoms with van der Waals surface area (Å²) in [7, 11) is 0. The van der Waals surface area contributed by atoms with Gasteiger partial charge in [0.2, 0.25) is 6.30 Å². The molecule has 2 rings (SSSR count). The van der Waals surface area contributed by atoms with Gasteiger partial charge in [-0.15, -0.1) is 0 Å². The Balaban J connectivity index is 2.42. The number of carbonyl (C=O) groups is 1. The summed E-state index contributed by atoms with van der Waals surface area (Å²) in [6, 6.07) is 1.45. The number of hydrogen-bond acceptors (Lipinski definition) is 3. The van der Waals surface area contributed by atoms with Crippen LogP contribution in [-0.2, 0) is 4.79 Å². The van der Waals surface area contributed by atoms with Crippen LogP contribution in [0.15, 0.2) is 12.3 Å². The van der Waals surface area contributed by atoms with Crippen LogP contribution in [-0.4, -0.2) is 17.2 Å². The second kappa shape index (κ2) is 2.85. The third kappa shape index (κ3) is 1.42. The first-order valence-corrected chi connectivity index (χ1v) is 3.91. The van der Waals surface area contributed by atoms with Crippen molar-refractivity contribution >= 4 is 28.9 Å². The maximum Gasteiger partial charge on any atom is 0.279 e. The van der Waals surface area contributed by atoms with Crippen molar-refractivity contribution in [2.75, 3.05) is 10.6 Å². The molecule has 0 bridgehead atoms. The fourth-order valence-electron chi connectivity index (χ4n) is 1.05. The summed E-state index contributed by atoms with van der Waals surface area (Å²) in [5.74, 6) is -0.725. The maximum absolute atomic E-state index is 12.8. The van der Waals surface area contributed by atoms with E-state index in [4.69, 9.17) is 11.6 Å².